The second-order valence-electron chi connectivity index (χ2n) is 4.21. The van der Waals surface area contributed by atoms with Crippen LogP contribution in [0.5, 0.6) is 5.75 Å². The molecule has 0 saturated heterocycles. The van der Waals surface area contributed by atoms with Gasteiger partial charge in [-0.05, 0) is 29.8 Å². The third-order valence-corrected chi connectivity index (χ3v) is 3.20. The van der Waals surface area contributed by atoms with Crippen molar-refractivity contribution in [2.45, 2.75) is 0 Å². The van der Waals surface area contributed by atoms with E-state index in [0.29, 0.717) is 27.0 Å². The zero-order valence-electron chi connectivity index (χ0n) is 11.6. The van der Waals surface area contributed by atoms with Gasteiger partial charge >= 0.3 is 6.03 Å². The molecule has 2 amide bonds. The molecule has 2 rings (SSSR count). The molecule has 2 N–H and O–H groups in total. The Kier molecular flexibility index (Phi) is 5.63. The van der Waals surface area contributed by atoms with Gasteiger partial charge in [-0.15, -0.1) is 0 Å². The van der Waals surface area contributed by atoms with E-state index in [0.717, 1.165) is 0 Å². The van der Waals surface area contributed by atoms with Gasteiger partial charge in [-0.3, -0.25) is 0 Å². The first-order valence-electron chi connectivity index (χ1n) is 6.28. The molecule has 0 fully saturated rings. The summed E-state index contributed by atoms with van der Waals surface area (Å²) in [5.74, 6) is 0.398. The number of rotatable bonds is 4. The summed E-state index contributed by atoms with van der Waals surface area (Å²) in [5.41, 5.74) is 3.66. The van der Waals surface area contributed by atoms with Crippen molar-refractivity contribution >= 4 is 41.1 Å². The lowest BCUT2D eigenvalue weighted by atomic mass is 10.2. The summed E-state index contributed by atoms with van der Waals surface area (Å²) >= 11 is 12.0. The van der Waals surface area contributed by atoms with Crippen LogP contribution in [0.3, 0.4) is 0 Å². The average Bonchev–Trinajstić information content (AvgIpc) is 2.48. The van der Waals surface area contributed by atoms with Gasteiger partial charge in [0.2, 0.25) is 0 Å². The summed E-state index contributed by atoms with van der Waals surface area (Å²) < 4.78 is 5.05. The van der Waals surface area contributed by atoms with Crippen molar-refractivity contribution in [3.05, 3.63) is 58.1 Å². The zero-order valence-corrected chi connectivity index (χ0v) is 13.2. The van der Waals surface area contributed by atoms with Crippen LogP contribution in [-0.4, -0.2) is 19.4 Å². The van der Waals surface area contributed by atoms with Crippen LogP contribution in [0.4, 0.5) is 10.5 Å². The van der Waals surface area contributed by atoms with E-state index in [2.05, 4.69) is 15.8 Å². The summed E-state index contributed by atoms with van der Waals surface area (Å²) in [6.07, 6.45) is 1.43. The standard InChI is InChI=1S/C15H13Cl2N3O2/c1-22-14-12(16)7-10(8-13(14)17)9-18-20-15(21)19-11-5-3-2-4-6-11/h2-9H,1H3,(H2,19,20,21)/b18-9+. The van der Waals surface area contributed by atoms with Crippen molar-refractivity contribution in [2.24, 2.45) is 5.10 Å². The molecular formula is C15H13Cl2N3O2. The van der Waals surface area contributed by atoms with Gasteiger partial charge in [-0.2, -0.15) is 5.10 Å². The molecule has 0 aromatic heterocycles. The highest BCUT2D eigenvalue weighted by atomic mass is 35.5. The number of para-hydroxylation sites is 1. The number of anilines is 1. The van der Waals surface area contributed by atoms with Crippen LogP contribution in [-0.2, 0) is 0 Å². The van der Waals surface area contributed by atoms with Crippen molar-refractivity contribution in [3.63, 3.8) is 0 Å². The fourth-order valence-electron chi connectivity index (χ4n) is 1.70. The number of hydrogen-bond acceptors (Lipinski definition) is 3. The summed E-state index contributed by atoms with van der Waals surface area (Å²) in [6.45, 7) is 0. The van der Waals surface area contributed by atoms with Crippen molar-refractivity contribution in [1.82, 2.24) is 5.43 Å². The minimum Gasteiger partial charge on any atom is -0.494 e. The molecule has 0 aliphatic heterocycles. The molecular weight excluding hydrogens is 325 g/mol. The van der Waals surface area contributed by atoms with Gasteiger partial charge in [0.15, 0.2) is 5.75 Å². The van der Waals surface area contributed by atoms with Crippen molar-refractivity contribution in [3.8, 4) is 5.75 Å². The predicted octanol–water partition coefficient (Wildman–Crippen LogP) is 4.16. The number of carbonyl (C=O) groups excluding carboxylic acids is 1. The third-order valence-electron chi connectivity index (χ3n) is 2.64. The average molecular weight is 338 g/mol. The summed E-state index contributed by atoms with van der Waals surface area (Å²) in [5, 5.41) is 7.20. The van der Waals surface area contributed by atoms with Crippen LogP contribution in [0.25, 0.3) is 0 Å². The highest BCUT2D eigenvalue weighted by Gasteiger charge is 2.07. The van der Waals surface area contributed by atoms with Gasteiger partial charge in [0, 0.05) is 5.69 Å². The Hall–Kier alpha value is -2.24. The lowest BCUT2D eigenvalue weighted by Crippen LogP contribution is -2.24. The van der Waals surface area contributed by atoms with Gasteiger partial charge in [0.25, 0.3) is 0 Å². The van der Waals surface area contributed by atoms with Crippen LogP contribution in [0.2, 0.25) is 10.0 Å². The molecule has 114 valence electrons. The normalized spacial score (nSPS) is 10.5. The van der Waals surface area contributed by atoms with E-state index in [4.69, 9.17) is 27.9 Å². The second kappa shape index (κ2) is 7.68. The lowest BCUT2D eigenvalue weighted by molar-refractivity contribution is 0.252. The van der Waals surface area contributed by atoms with E-state index < -0.39 is 6.03 Å². The number of carbonyl (C=O) groups is 1. The van der Waals surface area contributed by atoms with Gasteiger partial charge in [-0.1, -0.05) is 41.4 Å². The number of nitrogens with one attached hydrogen (secondary N) is 2. The number of hydrazone groups is 1. The number of amides is 2. The smallest absolute Gasteiger partial charge is 0.339 e. The molecule has 2 aromatic carbocycles. The lowest BCUT2D eigenvalue weighted by Gasteiger charge is -2.06. The quantitative estimate of drug-likeness (QED) is 0.650. The monoisotopic (exact) mass is 337 g/mol. The number of halogens is 2. The number of nitrogens with zero attached hydrogens (tertiary/aromatic N) is 1. The van der Waals surface area contributed by atoms with Gasteiger partial charge in [0.1, 0.15) is 0 Å². The van der Waals surface area contributed by atoms with Crippen LogP contribution >= 0.6 is 23.2 Å². The first-order valence-corrected chi connectivity index (χ1v) is 7.04. The Bertz CT molecular complexity index is 667. The molecule has 0 heterocycles. The summed E-state index contributed by atoms with van der Waals surface area (Å²) in [7, 11) is 1.48. The molecule has 0 aliphatic rings. The number of ether oxygens (including phenoxy) is 1. The Balaban J connectivity index is 1.96. The maximum Gasteiger partial charge on any atom is 0.339 e. The highest BCUT2D eigenvalue weighted by molar-refractivity contribution is 6.37. The minimum atomic E-state index is -0.451. The van der Waals surface area contributed by atoms with Crippen molar-refractivity contribution < 1.29 is 9.53 Å². The van der Waals surface area contributed by atoms with Crippen molar-refractivity contribution in [2.75, 3.05) is 12.4 Å². The molecule has 5 nitrogen and oxygen atoms in total. The SMILES string of the molecule is COc1c(Cl)cc(/C=N/NC(=O)Nc2ccccc2)cc1Cl. The molecule has 0 radical (unpaired) electrons. The fourth-order valence-corrected chi connectivity index (χ4v) is 2.35. The molecule has 0 bridgehead atoms. The first-order chi connectivity index (χ1) is 10.6. The molecule has 0 atom stereocenters. The fraction of sp³-hybridized carbons (Fsp3) is 0.0667. The van der Waals surface area contributed by atoms with E-state index in [1.54, 1.807) is 24.3 Å². The van der Waals surface area contributed by atoms with Crippen LogP contribution in [0, 0.1) is 0 Å². The summed E-state index contributed by atoms with van der Waals surface area (Å²) in [6, 6.07) is 11.9. The topological polar surface area (TPSA) is 62.7 Å². The Morgan fingerprint density at radius 2 is 1.82 bits per heavy atom. The third kappa shape index (κ3) is 4.38. The number of methoxy groups -OCH3 is 1. The Labute approximate surface area is 137 Å². The molecule has 0 unspecified atom stereocenters. The van der Waals surface area contributed by atoms with E-state index in [1.807, 2.05) is 18.2 Å². The van der Waals surface area contributed by atoms with E-state index in [9.17, 15) is 4.79 Å². The zero-order chi connectivity index (χ0) is 15.9. The maximum atomic E-state index is 11.6. The van der Waals surface area contributed by atoms with E-state index in [-0.39, 0.29) is 0 Å². The first kappa shape index (κ1) is 16.1. The molecule has 7 heteroatoms. The number of urea groups is 1. The van der Waals surface area contributed by atoms with Crippen LogP contribution in [0.15, 0.2) is 47.6 Å². The largest absolute Gasteiger partial charge is 0.494 e. The Morgan fingerprint density at radius 3 is 2.41 bits per heavy atom. The predicted molar refractivity (Wildman–Crippen MR) is 89.2 cm³/mol. The molecule has 0 spiro atoms. The van der Waals surface area contributed by atoms with Crippen LogP contribution < -0.4 is 15.5 Å². The molecule has 0 aliphatic carbocycles. The summed E-state index contributed by atoms with van der Waals surface area (Å²) in [4.78, 5) is 11.6. The molecule has 0 saturated carbocycles. The molecule has 2 aromatic rings. The van der Waals surface area contributed by atoms with E-state index in [1.165, 1.54) is 13.3 Å². The van der Waals surface area contributed by atoms with E-state index >= 15 is 0 Å². The van der Waals surface area contributed by atoms with Gasteiger partial charge < -0.3 is 10.1 Å². The van der Waals surface area contributed by atoms with Crippen molar-refractivity contribution in [1.29, 1.82) is 0 Å². The highest BCUT2D eigenvalue weighted by Crippen LogP contribution is 2.33. The maximum absolute atomic E-state index is 11.6. The van der Waals surface area contributed by atoms with Crippen LogP contribution in [0.1, 0.15) is 5.56 Å². The number of benzene rings is 2. The molecule has 22 heavy (non-hydrogen) atoms. The number of hydrogen-bond donors (Lipinski definition) is 2. The second-order valence-corrected chi connectivity index (χ2v) is 5.02. The minimum absolute atomic E-state index is 0.366. The van der Waals surface area contributed by atoms with Gasteiger partial charge in [0.05, 0.1) is 23.4 Å². The Morgan fingerprint density at radius 1 is 1.18 bits per heavy atom. The van der Waals surface area contributed by atoms with Gasteiger partial charge in [-0.25, -0.2) is 10.2 Å².